The lowest BCUT2D eigenvalue weighted by molar-refractivity contribution is -0.140. The summed E-state index contributed by atoms with van der Waals surface area (Å²) < 4.78 is 11.7. The molecule has 3 aliphatic rings. The van der Waals surface area contributed by atoms with Crippen LogP contribution in [0.15, 0.2) is 24.3 Å². The number of nitrogens with zero attached hydrogens (tertiary/aromatic N) is 2. The molecule has 0 unspecified atom stereocenters. The number of likely N-dealkylation sites (N-methyl/N-ethyl adjacent to an activating group) is 1. The van der Waals surface area contributed by atoms with Crippen molar-refractivity contribution in [1.82, 2.24) is 15.1 Å². The van der Waals surface area contributed by atoms with Gasteiger partial charge in [-0.25, -0.2) is 4.79 Å². The third kappa shape index (κ3) is 3.75. The molecular formula is C21H27N3O5. The van der Waals surface area contributed by atoms with Gasteiger partial charge in [0.2, 0.25) is 5.91 Å². The van der Waals surface area contributed by atoms with Crippen molar-refractivity contribution in [3.63, 3.8) is 0 Å². The van der Waals surface area contributed by atoms with Gasteiger partial charge in [0.25, 0.3) is 5.91 Å². The van der Waals surface area contributed by atoms with Crippen LogP contribution in [0, 0.1) is 0 Å². The van der Waals surface area contributed by atoms with Gasteiger partial charge in [0, 0.05) is 6.54 Å². The van der Waals surface area contributed by atoms with Crippen LogP contribution in [0.2, 0.25) is 0 Å². The summed E-state index contributed by atoms with van der Waals surface area (Å²) in [5.74, 6) is 0.805. The summed E-state index contributed by atoms with van der Waals surface area (Å²) >= 11 is 0. The van der Waals surface area contributed by atoms with Crippen molar-refractivity contribution in [3.8, 4) is 11.5 Å². The van der Waals surface area contributed by atoms with Crippen LogP contribution < -0.4 is 14.8 Å². The molecule has 0 aromatic heterocycles. The van der Waals surface area contributed by atoms with Gasteiger partial charge in [0.1, 0.15) is 18.7 Å². The first-order valence-corrected chi connectivity index (χ1v) is 10.3. The predicted octanol–water partition coefficient (Wildman–Crippen LogP) is 1.93. The molecule has 0 radical (unpaired) electrons. The molecule has 1 saturated heterocycles. The van der Waals surface area contributed by atoms with Crippen LogP contribution in [-0.2, 0) is 9.59 Å². The smallest absolute Gasteiger partial charge is 0.325 e. The molecule has 1 aromatic rings. The highest BCUT2D eigenvalue weighted by molar-refractivity contribution is 6.09. The summed E-state index contributed by atoms with van der Waals surface area (Å²) in [4.78, 5) is 40.9. The summed E-state index contributed by atoms with van der Waals surface area (Å²) in [5, 5.41) is 2.85. The predicted molar refractivity (Wildman–Crippen MR) is 105 cm³/mol. The van der Waals surface area contributed by atoms with E-state index in [9.17, 15) is 14.4 Å². The Morgan fingerprint density at radius 3 is 2.66 bits per heavy atom. The highest BCUT2D eigenvalue weighted by Crippen LogP contribution is 2.34. The van der Waals surface area contributed by atoms with E-state index in [2.05, 4.69) is 5.32 Å². The number of fused-ring (bicyclic) bond motifs is 1. The Morgan fingerprint density at radius 2 is 1.93 bits per heavy atom. The van der Waals surface area contributed by atoms with Crippen LogP contribution in [0.3, 0.4) is 0 Å². The van der Waals surface area contributed by atoms with E-state index in [-0.39, 0.29) is 24.5 Å². The van der Waals surface area contributed by atoms with Crippen molar-refractivity contribution in [1.29, 1.82) is 0 Å². The third-order valence-electron chi connectivity index (χ3n) is 5.97. The molecule has 8 nitrogen and oxygen atoms in total. The number of rotatable bonds is 5. The zero-order chi connectivity index (χ0) is 20.4. The molecule has 1 spiro atoms. The van der Waals surface area contributed by atoms with Crippen LogP contribution in [0.1, 0.15) is 39.0 Å². The zero-order valence-corrected chi connectivity index (χ0v) is 16.7. The van der Waals surface area contributed by atoms with Crippen molar-refractivity contribution in [2.45, 2.75) is 50.7 Å². The molecule has 29 heavy (non-hydrogen) atoms. The van der Waals surface area contributed by atoms with Gasteiger partial charge in [-0.05, 0) is 31.9 Å². The van der Waals surface area contributed by atoms with Crippen LogP contribution in [0.5, 0.6) is 11.5 Å². The van der Waals surface area contributed by atoms with Gasteiger partial charge in [0.15, 0.2) is 17.6 Å². The second-order valence-electron chi connectivity index (χ2n) is 7.89. The van der Waals surface area contributed by atoms with E-state index in [1.165, 1.54) is 0 Å². The highest BCUT2D eigenvalue weighted by atomic mass is 16.6. The van der Waals surface area contributed by atoms with Crippen LogP contribution in [-0.4, -0.2) is 65.5 Å². The molecule has 4 amide bonds. The fourth-order valence-electron chi connectivity index (χ4n) is 4.36. The van der Waals surface area contributed by atoms with E-state index in [0.29, 0.717) is 44.0 Å². The minimum Gasteiger partial charge on any atom is -0.486 e. The maximum absolute atomic E-state index is 12.9. The lowest BCUT2D eigenvalue weighted by atomic mass is 9.82. The largest absolute Gasteiger partial charge is 0.486 e. The number of para-hydroxylation sites is 2. The average Bonchev–Trinajstić information content (AvgIpc) is 2.96. The third-order valence-corrected chi connectivity index (χ3v) is 5.97. The standard InChI is InChI=1S/C21H27N3O5/c1-2-23(12-15-14-28-16-8-4-5-9-17(16)29-15)18(25)13-24-19(26)21(22-20(24)27)10-6-3-7-11-21/h4-5,8-9,15H,2-3,6-7,10-14H2,1H3,(H,22,27)/t15-/m1/s1. The number of imide groups is 1. The first kappa shape index (κ1) is 19.5. The molecule has 1 atom stereocenters. The molecule has 2 fully saturated rings. The van der Waals surface area contributed by atoms with Crippen LogP contribution in [0.4, 0.5) is 4.79 Å². The first-order valence-electron chi connectivity index (χ1n) is 10.3. The van der Waals surface area contributed by atoms with Gasteiger partial charge < -0.3 is 19.7 Å². The van der Waals surface area contributed by atoms with Crippen LogP contribution in [0.25, 0.3) is 0 Å². The van der Waals surface area contributed by atoms with Crippen molar-refractivity contribution in [3.05, 3.63) is 24.3 Å². The lowest BCUT2D eigenvalue weighted by Crippen LogP contribution is -2.50. The van der Waals surface area contributed by atoms with Gasteiger partial charge in [-0.1, -0.05) is 31.4 Å². The second-order valence-corrected chi connectivity index (χ2v) is 7.89. The number of ether oxygens (including phenoxy) is 2. The van der Waals surface area contributed by atoms with E-state index in [0.717, 1.165) is 24.2 Å². The maximum atomic E-state index is 12.9. The van der Waals surface area contributed by atoms with E-state index < -0.39 is 11.6 Å². The summed E-state index contributed by atoms with van der Waals surface area (Å²) in [6, 6.07) is 6.95. The maximum Gasteiger partial charge on any atom is 0.325 e. The monoisotopic (exact) mass is 401 g/mol. The molecule has 1 N–H and O–H groups in total. The van der Waals surface area contributed by atoms with E-state index in [4.69, 9.17) is 9.47 Å². The minimum absolute atomic E-state index is 0.246. The lowest BCUT2D eigenvalue weighted by Gasteiger charge is -2.32. The van der Waals surface area contributed by atoms with Crippen LogP contribution >= 0.6 is 0 Å². The molecule has 2 heterocycles. The van der Waals surface area contributed by atoms with Gasteiger partial charge in [0.05, 0.1) is 6.54 Å². The minimum atomic E-state index is -0.809. The Balaban J connectivity index is 1.38. The van der Waals surface area contributed by atoms with E-state index in [1.807, 2.05) is 31.2 Å². The molecule has 2 aliphatic heterocycles. The molecular weight excluding hydrogens is 374 g/mol. The SMILES string of the molecule is CCN(C[C@@H]1COc2ccccc2O1)C(=O)CN1C(=O)NC2(CCCCC2)C1=O. The number of benzene rings is 1. The summed E-state index contributed by atoms with van der Waals surface area (Å²) in [6.07, 6.45) is 3.88. The van der Waals surface area contributed by atoms with Crippen molar-refractivity contribution in [2.75, 3.05) is 26.2 Å². The Labute approximate surface area is 170 Å². The van der Waals surface area contributed by atoms with Crippen molar-refractivity contribution in [2.24, 2.45) is 0 Å². The number of hydrogen-bond donors (Lipinski definition) is 1. The zero-order valence-electron chi connectivity index (χ0n) is 16.7. The molecule has 0 bridgehead atoms. The molecule has 156 valence electrons. The van der Waals surface area contributed by atoms with Gasteiger partial charge >= 0.3 is 6.03 Å². The quantitative estimate of drug-likeness (QED) is 0.762. The number of carbonyl (C=O) groups excluding carboxylic acids is 3. The van der Waals surface area contributed by atoms with Crippen molar-refractivity contribution < 1.29 is 23.9 Å². The summed E-state index contributed by atoms with van der Waals surface area (Å²) in [6.45, 7) is 2.75. The number of nitrogens with one attached hydrogen (secondary N) is 1. The molecule has 8 heteroatoms. The Bertz CT molecular complexity index is 805. The second kappa shape index (κ2) is 7.93. The Hall–Kier alpha value is -2.77. The van der Waals surface area contributed by atoms with E-state index >= 15 is 0 Å². The normalized spacial score (nSPS) is 22.5. The molecule has 1 aliphatic carbocycles. The van der Waals surface area contributed by atoms with Crippen molar-refractivity contribution >= 4 is 17.8 Å². The number of hydrogen-bond acceptors (Lipinski definition) is 5. The number of urea groups is 1. The molecule has 4 rings (SSSR count). The molecule has 1 saturated carbocycles. The summed E-state index contributed by atoms with van der Waals surface area (Å²) in [7, 11) is 0. The topological polar surface area (TPSA) is 88.2 Å². The number of carbonyl (C=O) groups is 3. The Morgan fingerprint density at radius 1 is 1.21 bits per heavy atom. The summed E-state index contributed by atoms with van der Waals surface area (Å²) in [5.41, 5.74) is -0.809. The van der Waals surface area contributed by atoms with Gasteiger partial charge in [-0.3, -0.25) is 14.5 Å². The van der Waals surface area contributed by atoms with E-state index in [1.54, 1.807) is 4.90 Å². The first-order chi connectivity index (χ1) is 14.0. The number of amides is 4. The van der Waals surface area contributed by atoms with Gasteiger partial charge in [-0.15, -0.1) is 0 Å². The Kier molecular flexibility index (Phi) is 5.34. The van der Waals surface area contributed by atoms with Gasteiger partial charge in [-0.2, -0.15) is 0 Å². The fraction of sp³-hybridized carbons (Fsp3) is 0.571. The average molecular weight is 401 g/mol. The molecule has 1 aromatic carbocycles. The highest BCUT2D eigenvalue weighted by Gasteiger charge is 2.51. The fourth-order valence-corrected chi connectivity index (χ4v) is 4.36.